The zero-order valence-electron chi connectivity index (χ0n) is 18.9. The van der Waals surface area contributed by atoms with Crippen molar-refractivity contribution in [2.24, 2.45) is 34.0 Å². The van der Waals surface area contributed by atoms with Crippen LogP contribution in [-0.4, -0.2) is 40.8 Å². The molecule has 5 rings (SSSR count). The largest absolute Gasteiger partial charge is 0.429 e. The zero-order valence-corrected chi connectivity index (χ0v) is 18.9. The average Bonchev–Trinajstić information content (AvgIpc) is 2.98. The van der Waals surface area contributed by atoms with E-state index in [9.17, 15) is 15.0 Å². The molecule has 0 spiro atoms. The molecule has 8 atom stereocenters. The van der Waals surface area contributed by atoms with Gasteiger partial charge in [-0.15, -0.1) is 0 Å². The number of ether oxygens (including phenoxy) is 2. The topological polar surface area (TPSA) is 76.0 Å². The van der Waals surface area contributed by atoms with Gasteiger partial charge in [-0.2, -0.15) is 0 Å². The molecule has 3 aliphatic carbocycles. The summed E-state index contributed by atoms with van der Waals surface area (Å²) in [6.07, 6.45) is 8.56. The minimum absolute atomic E-state index is 0.0443. The fourth-order valence-corrected chi connectivity index (χ4v) is 9.04. The molecule has 8 unspecified atom stereocenters. The number of carbonyl (C=O) groups is 1. The van der Waals surface area contributed by atoms with E-state index in [2.05, 4.69) is 27.7 Å². The van der Waals surface area contributed by atoms with Gasteiger partial charge in [0.1, 0.15) is 0 Å². The van der Waals surface area contributed by atoms with Crippen molar-refractivity contribution in [2.75, 3.05) is 6.61 Å². The first-order valence-corrected chi connectivity index (χ1v) is 11.9. The third-order valence-electron chi connectivity index (χ3n) is 10.3. The van der Waals surface area contributed by atoms with Crippen LogP contribution in [0.1, 0.15) is 79.1 Å². The number of aliphatic hydroxyl groups excluding tert-OH is 1. The number of rotatable bonds is 1. The Kier molecular flexibility index (Phi) is 4.58. The Morgan fingerprint density at radius 2 is 1.67 bits per heavy atom. The van der Waals surface area contributed by atoms with Gasteiger partial charge in [-0.25, -0.2) is 4.79 Å². The van der Waals surface area contributed by atoms with E-state index in [1.54, 1.807) is 0 Å². The molecule has 5 heteroatoms. The lowest BCUT2D eigenvalue weighted by atomic mass is 9.37. The van der Waals surface area contributed by atoms with Crippen molar-refractivity contribution in [1.29, 1.82) is 0 Å². The number of fused-ring (bicyclic) bond motifs is 5. The fourth-order valence-electron chi connectivity index (χ4n) is 9.04. The quantitative estimate of drug-likeness (QED) is 0.630. The van der Waals surface area contributed by atoms with E-state index < -0.39 is 17.9 Å². The molecule has 0 aromatic carbocycles. The lowest BCUT2D eigenvalue weighted by Gasteiger charge is -2.68. The monoisotopic (exact) mass is 418 g/mol. The highest BCUT2D eigenvalue weighted by atomic mass is 16.6. The van der Waals surface area contributed by atoms with Gasteiger partial charge in [-0.3, -0.25) is 0 Å². The van der Waals surface area contributed by atoms with Crippen LogP contribution in [0, 0.1) is 34.0 Å². The van der Waals surface area contributed by atoms with Crippen LogP contribution in [0.25, 0.3) is 0 Å². The predicted octanol–water partition coefficient (Wildman–Crippen LogP) is 3.97. The summed E-state index contributed by atoms with van der Waals surface area (Å²) in [7, 11) is 0. The SMILES string of the molecule is CC1(C)CCCC2(C)C1CCC1(C)C3CC(C4=CC(=O)OC4O)OCC3(O)CCC21. The molecule has 0 aromatic rings. The number of hydrogen-bond donors (Lipinski definition) is 2. The Morgan fingerprint density at radius 3 is 2.37 bits per heavy atom. The Morgan fingerprint density at radius 1 is 0.967 bits per heavy atom. The van der Waals surface area contributed by atoms with Gasteiger partial charge >= 0.3 is 5.97 Å². The normalized spacial score (nSPS) is 52.5. The Bertz CT molecular complexity index is 774. The number of carbonyl (C=O) groups excluding carboxylic acids is 1. The van der Waals surface area contributed by atoms with Gasteiger partial charge in [0.2, 0.25) is 6.29 Å². The van der Waals surface area contributed by atoms with Crippen molar-refractivity contribution < 1.29 is 24.5 Å². The molecule has 168 valence electrons. The Hall–Kier alpha value is -0.910. The second-order valence-electron chi connectivity index (χ2n) is 12.2. The smallest absolute Gasteiger partial charge is 0.333 e. The highest BCUT2D eigenvalue weighted by Crippen LogP contribution is 2.70. The van der Waals surface area contributed by atoms with Crippen LogP contribution < -0.4 is 0 Å². The highest BCUT2D eigenvalue weighted by Gasteiger charge is 2.66. The van der Waals surface area contributed by atoms with Gasteiger partial charge in [0, 0.05) is 11.6 Å². The second kappa shape index (κ2) is 6.55. The standard InChI is InChI=1S/C25H38O5/c1-22(2)8-5-9-23(3)17(22)6-10-24(4)18(23)7-11-25(28)14-29-16(13-19(24)25)15-12-20(26)30-21(15)27/h12,16-19,21,27-28H,5-11,13-14H2,1-4H3. The first kappa shape index (κ1) is 21.0. The first-order chi connectivity index (χ1) is 14.0. The predicted molar refractivity (Wildman–Crippen MR) is 112 cm³/mol. The minimum atomic E-state index is -1.21. The van der Waals surface area contributed by atoms with Crippen molar-refractivity contribution in [1.82, 2.24) is 0 Å². The molecule has 1 saturated heterocycles. The number of cyclic esters (lactones) is 1. The van der Waals surface area contributed by atoms with Gasteiger partial charge in [-0.05, 0) is 78.9 Å². The zero-order chi connectivity index (χ0) is 21.5. The van der Waals surface area contributed by atoms with Crippen LogP contribution in [0.2, 0.25) is 0 Å². The van der Waals surface area contributed by atoms with Crippen LogP contribution in [-0.2, 0) is 14.3 Å². The van der Waals surface area contributed by atoms with Crippen LogP contribution in [0.3, 0.4) is 0 Å². The average molecular weight is 419 g/mol. The van der Waals surface area contributed by atoms with E-state index in [1.165, 1.54) is 31.8 Å². The summed E-state index contributed by atoms with van der Waals surface area (Å²) in [6.45, 7) is 10.2. The summed E-state index contributed by atoms with van der Waals surface area (Å²) < 4.78 is 10.9. The second-order valence-corrected chi connectivity index (χ2v) is 12.2. The van der Waals surface area contributed by atoms with Gasteiger partial charge < -0.3 is 19.7 Å². The van der Waals surface area contributed by atoms with Crippen LogP contribution >= 0.6 is 0 Å². The molecule has 0 amide bonds. The van der Waals surface area contributed by atoms with Gasteiger partial charge in [0.15, 0.2) is 0 Å². The molecule has 2 heterocycles. The molecule has 4 fully saturated rings. The van der Waals surface area contributed by atoms with E-state index in [0.29, 0.717) is 28.7 Å². The highest BCUT2D eigenvalue weighted by molar-refractivity contribution is 5.85. The van der Waals surface area contributed by atoms with Crippen molar-refractivity contribution >= 4 is 5.97 Å². The number of esters is 1. The molecule has 0 bridgehead atoms. The Labute approximate surface area is 180 Å². The molecular formula is C25H38O5. The summed E-state index contributed by atoms with van der Waals surface area (Å²) in [5.41, 5.74) is 0.449. The van der Waals surface area contributed by atoms with E-state index >= 15 is 0 Å². The molecule has 2 aliphatic heterocycles. The Balaban J connectivity index is 1.48. The van der Waals surface area contributed by atoms with Crippen molar-refractivity contribution in [3.05, 3.63) is 11.6 Å². The van der Waals surface area contributed by atoms with Gasteiger partial charge in [0.05, 0.1) is 18.3 Å². The third kappa shape index (κ3) is 2.80. The summed E-state index contributed by atoms with van der Waals surface area (Å²) in [6, 6.07) is 0. The molecule has 0 radical (unpaired) electrons. The molecule has 5 aliphatic rings. The maximum atomic E-state index is 11.7. The molecular weight excluding hydrogens is 380 g/mol. The summed E-state index contributed by atoms with van der Waals surface area (Å²) in [5, 5.41) is 21.8. The maximum Gasteiger partial charge on any atom is 0.333 e. The summed E-state index contributed by atoms with van der Waals surface area (Å²) >= 11 is 0. The minimum Gasteiger partial charge on any atom is -0.429 e. The molecule has 3 saturated carbocycles. The van der Waals surface area contributed by atoms with E-state index in [-0.39, 0.29) is 24.0 Å². The fraction of sp³-hybridized carbons (Fsp3) is 0.880. The molecule has 0 aromatic heterocycles. The number of aliphatic hydroxyl groups is 2. The lowest BCUT2D eigenvalue weighted by Crippen LogP contribution is -2.66. The maximum absolute atomic E-state index is 11.7. The lowest BCUT2D eigenvalue weighted by molar-refractivity contribution is -0.255. The summed E-state index contributed by atoms with van der Waals surface area (Å²) in [4.78, 5) is 11.6. The van der Waals surface area contributed by atoms with E-state index in [4.69, 9.17) is 9.47 Å². The van der Waals surface area contributed by atoms with Gasteiger partial charge in [0.25, 0.3) is 0 Å². The summed E-state index contributed by atoms with van der Waals surface area (Å²) in [5.74, 6) is 0.929. The molecule has 5 nitrogen and oxygen atoms in total. The van der Waals surface area contributed by atoms with Gasteiger partial charge in [-0.1, -0.05) is 34.1 Å². The van der Waals surface area contributed by atoms with Crippen molar-refractivity contribution in [3.8, 4) is 0 Å². The van der Waals surface area contributed by atoms with Crippen LogP contribution in [0.15, 0.2) is 11.6 Å². The van der Waals surface area contributed by atoms with Crippen molar-refractivity contribution in [2.45, 2.75) is 97.1 Å². The number of hydrogen-bond acceptors (Lipinski definition) is 5. The molecule has 2 N–H and O–H groups in total. The molecule has 30 heavy (non-hydrogen) atoms. The third-order valence-corrected chi connectivity index (χ3v) is 10.3. The van der Waals surface area contributed by atoms with E-state index in [1.807, 2.05) is 0 Å². The first-order valence-electron chi connectivity index (χ1n) is 11.9. The van der Waals surface area contributed by atoms with Crippen LogP contribution in [0.4, 0.5) is 0 Å². The van der Waals surface area contributed by atoms with Crippen LogP contribution in [0.5, 0.6) is 0 Å². The van der Waals surface area contributed by atoms with E-state index in [0.717, 1.165) is 25.2 Å². The van der Waals surface area contributed by atoms with Crippen molar-refractivity contribution in [3.63, 3.8) is 0 Å².